The number of hydrogen-bond donors (Lipinski definition) is 2. The molecule has 0 atom stereocenters. The van der Waals surface area contributed by atoms with Crippen LogP contribution in [0.5, 0.6) is 0 Å². The van der Waals surface area contributed by atoms with E-state index >= 15 is 0 Å². The summed E-state index contributed by atoms with van der Waals surface area (Å²) in [6, 6.07) is 2.81. The molecule has 16 heavy (non-hydrogen) atoms. The molecule has 0 bridgehead atoms. The predicted molar refractivity (Wildman–Crippen MR) is 52.8 cm³/mol. The summed E-state index contributed by atoms with van der Waals surface area (Å²) in [5, 5.41) is 2.14. The third-order valence-electron chi connectivity index (χ3n) is 1.95. The van der Waals surface area contributed by atoms with E-state index in [4.69, 9.17) is 5.73 Å². The maximum absolute atomic E-state index is 12.5. The number of anilines is 2. The van der Waals surface area contributed by atoms with Crippen molar-refractivity contribution in [3.8, 4) is 0 Å². The molecule has 1 rings (SSSR count). The Morgan fingerprint density at radius 3 is 2.56 bits per heavy atom. The van der Waals surface area contributed by atoms with Gasteiger partial charge >= 0.3 is 12.3 Å². The topological polar surface area (TPSA) is 50.9 Å². The van der Waals surface area contributed by atoms with Crippen LogP contribution in [0.2, 0.25) is 0 Å². The highest BCUT2D eigenvalue weighted by Gasteiger charge is 2.40. The van der Waals surface area contributed by atoms with Gasteiger partial charge < -0.3 is 11.1 Å². The minimum absolute atomic E-state index is 0.0898. The molecule has 90 valence electrons. The fourth-order valence-electron chi connectivity index (χ4n) is 0.956. The largest absolute Gasteiger partial charge is 0.397 e. The summed E-state index contributed by atoms with van der Waals surface area (Å²) >= 11 is 0. The average Bonchev–Trinajstić information content (AvgIpc) is 2.20. The molecule has 0 unspecified atom stereocenters. The fraction of sp³-hybridized carbons (Fsp3) is 0.444. The van der Waals surface area contributed by atoms with E-state index in [-0.39, 0.29) is 5.82 Å². The summed E-state index contributed by atoms with van der Waals surface area (Å²) in [7, 11) is 0. The van der Waals surface area contributed by atoms with Gasteiger partial charge in [0.2, 0.25) is 0 Å². The van der Waals surface area contributed by atoms with E-state index in [1.165, 1.54) is 12.1 Å². The molecule has 1 aromatic rings. The lowest BCUT2D eigenvalue weighted by molar-refractivity contribution is -0.117. The lowest BCUT2D eigenvalue weighted by atomic mass is 10.3. The standard InChI is InChI=1S/C9H11F4N3/c1-5-6(14)2-3-7(16-5)15-4-9(12,13)8(10)11/h2-3,8H,4,14H2,1H3,(H,15,16). The first kappa shape index (κ1) is 12.5. The molecule has 0 radical (unpaired) electrons. The zero-order valence-corrected chi connectivity index (χ0v) is 8.48. The van der Waals surface area contributed by atoms with E-state index in [0.29, 0.717) is 11.4 Å². The Kier molecular flexibility index (Phi) is 3.56. The van der Waals surface area contributed by atoms with Gasteiger partial charge in [0.15, 0.2) is 0 Å². The van der Waals surface area contributed by atoms with E-state index < -0.39 is 18.9 Å². The minimum atomic E-state index is -4.07. The van der Waals surface area contributed by atoms with Gasteiger partial charge in [-0.1, -0.05) is 0 Å². The van der Waals surface area contributed by atoms with Crippen molar-refractivity contribution in [1.82, 2.24) is 4.98 Å². The van der Waals surface area contributed by atoms with E-state index in [9.17, 15) is 17.6 Å². The lowest BCUT2D eigenvalue weighted by Crippen LogP contribution is -2.35. The molecule has 0 aromatic carbocycles. The van der Waals surface area contributed by atoms with Crippen LogP contribution in [-0.2, 0) is 0 Å². The van der Waals surface area contributed by atoms with Crippen LogP contribution in [0.3, 0.4) is 0 Å². The maximum atomic E-state index is 12.5. The van der Waals surface area contributed by atoms with Crippen molar-refractivity contribution in [2.75, 3.05) is 17.6 Å². The normalized spacial score (nSPS) is 11.9. The van der Waals surface area contributed by atoms with Crippen molar-refractivity contribution < 1.29 is 17.6 Å². The van der Waals surface area contributed by atoms with Crippen molar-refractivity contribution in [3.63, 3.8) is 0 Å². The summed E-state index contributed by atoms with van der Waals surface area (Å²) in [6.45, 7) is 0.423. The molecule has 0 amide bonds. The number of pyridine rings is 1. The van der Waals surface area contributed by atoms with Crippen molar-refractivity contribution in [3.05, 3.63) is 17.8 Å². The van der Waals surface area contributed by atoms with Crippen LogP contribution < -0.4 is 11.1 Å². The van der Waals surface area contributed by atoms with Crippen LogP contribution in [0.15, 0.2) is 12.1 Å². The van der Waals surface area contributed by atoms with Crippen molar-refractivity contribution in [2.24, 2.45) is 0 Å². The zero-order valence-electron chi connectivity index (χ0n) is 8.48. The highest BCUT2D eigenvalue weighted by atomic mass is 19.3. The Morgan fingerprint density at radius 1 is 1.44 bits per heavy atom. The number of rotatable bonds is 4. The van der Waals surface area contributed by atoms with Gasteiger partial charge in [0.1, 0.15) is 5.82 Å². The molecule has 0 aliphatic rings. The molecule has 0 saturated heterocycles. The second kappa shape index (κ2) is 4.54. The molecule has 0 saturated carbocycles. The lowest BCUT2D eigenvalue weighted by Gasteiger charge is -2.16. The van der Waals surface area contributed by atoms with Crippen LogP contribution in [0.4, 0.5) is 29.1 Å². The zero-order chi connectivity index (χ0) is 12.3. The van der Waals surface area contributed by atoms with Crippen LogP contribution >= 0.6 is 0 Å². The number of nitrogen functional groups attached to an aromatic ring is 1. The summed E-state index contributed by atoms with van der Waals surface area (Å²) < 4.78 is 48.8. The molecule has 7 heteroatoms. The highest BCUT2D eigenvalue weighted by Crippen LogP contribution is 2.23. The Hall–Kier alpha value is -1.53. The third kappa shape index (κ3) is 2.98. The molecule has 0 fully saturated rings. The van der Waals surface area contributed by atoms with Gasteiger partial charge in [0, 0.05) is 0 Å². The number of nitrogens with two attached hydrogens (primary N) is 1. The van der Waals surface area contributed by atoms with Crippen molar-refractivity contribution in [1.29, 1.82) is 0 Å². The van der Waals surface area contributed by atoms with Gasteiger partial charge in [-0.2, -0.15) is 8.78 Å². The Labute approximate surface area is 89.7 Å². The SMILES string of the molecule is Cc1nc(NCC(F)(F)C(F)F)ccc1N. The molecule has 1 aromatic heterocycles. The second-order valence-corrected chi connectivity index (χ2v) is 3.29. The van der Waals surface area contributed by atoms with Gasteiger partial charge in [0.05, 0.1) is 17.9 Å². The van der Waals surface area contributed by atoms with Gasteiger partial charge in [-0.05, 0) is 19.1 Å². The van der Waals surface area contributed by atoms with Crippen LogP contribution in [0.25, 0.3) is 0 Å². The van der Waals surface area contributed by atoms with Gasteiger partial charge in [-0.3, -0.25) is 0 Å². The Bertz CT molecular complexity index is 368. The minimum Gasteiger partial charge on any atom is -0.397 e. The summed E-state index contributed by atoms with van der Waals surface area (Å²) in [4.78, 5) is 3.82. The van der Waals surface area contributed by atoms with Crippen molar-refractivity contribution in [2.45, 2.75) is 19.3 Å². The van der Waals surface area contributed by atoms with Crippen LogP contribution in [0.1, 0.15) is 5.69 Å². The molecule has 1 heterocycles. The van der Waals surface area contributed by atoms with E-state index in [1.54, 1.807) is 6.92 Å². The number of hydrogen-bond acceptors (Lipinski definition) is 3. The molecule has 0 aliphatic heterocycles. The molecular weight excluding hydrogens is 226 g/mol. The molecule has 3 nitrogen and oxygen atoms in total. The number of alkyl halides is 4. The quantitative estimate of drug-likeness (QED) is 0.790. The van der Waals surface area contributed by atoms with Crippen molar-refractivity contribution >= 4 is 11.5 Å². The Morgan fingerprint density at radius 2 is 2.06 bits per heavy atom. The number of halogens is 4. The summed E-state index contributed by atoms with van der Waals surface area (Å²) in [6.07, 6.45) is -3.70. The smallest absolute Gasteiger partial charge is 0.324 e. The number of aromatic nitrogens is 1. The molecule has 3 N–H and O–H groups in total. The first-order valence-corrected chi connectivity index (χ1v) is 4.46. The molecular formula is C9H11F4N3. The van der Waals surface area contributed by atoms with E-state index in [2.05, 4.69) is 10.3 Å². The van der Waals surface area contributed by atoms with Gasteiger partial charge in [-0.25, -0.2) is 13.8 Å². The highest BCUT2D eigenvalue weighted by molar-refractivity contribution is 5.49. The third-order valence-corrected chi connectivity index (χ3v) is 1.95. The summed E-state index contributed by atoms with van der Waals surface area (Å²) in [5.41, 5.74) is 6.32. The predicted octanol–water partition coefficient (Wildman–Crippen LogP) is 2.28. The van der Waals surface area contributed by atoms with Gasteiger partial charge in [-0.15, -0.1) is 0 Å². The average molecular weight is 237 g/mol. The summed E-state index contributed by atoms with van der Waals surface area (Å²) in [5.74, 6) is -3.98. The van der Waals surface area contributed by atoms with Gasteiger partial charge in [0.25, 0.3) is 0 Å². The van der Waals surface area contributed by atoms with E-state index in [1.807, 2.05) is 0 Å². The fourth-order valence-corrected chi connectivity index (χ4v) is 0.956. The second-order valence-electron chi connectivity index (χ2n) is 3.29. The first-order chi connectivity index (χ1) is 7.33. The van der Waals surface area contributed by atoms with Crippen LogP contribution in [-0.4, -0.2) is 23.9 Å². The first-order valence-electron chi connectivity index (χ1n) is 4.46. The number of nitrogens with zero attached hydrogens (tertiary/aromatic N) is 1. The molecule has 0 aliphatic carbocycles. The van der Waals surface area contributed by atoms with Crippen LogP contribution in [0, 0.1) is 6.92 Å². The number of aryl methyl sites for hydroxylation is 1. The monoisotopic (exact) mass is 237 g/mol. The number of nitrogens with one attached hydrogen (secondary N) is 1. The van der Waals surface area contributed by atoms with E-state index in [0.717, 1.165) is 0 Å². The molecule has 0 spiro atoms. The maximum Gasteiger partial charge on any atom is 0.324 e. The Balaban J connectivity index is 2.65.